The van der Waals surface area contributed by atoms with Gasteiger partial charge in [-0.25, -0.2) is 13.9 Å². The average molecular weight is 472 g/mol. The normalized spacial score (nSPS) is 11.5. The van der Waals surface area contributed by atoms with Crippen LogP contribution in [0.1, 0.15) is 42.9 Å². The Balaban J connectivity index is 1.55. The Morgan fingerprint density at radius 3 is 2.71 bits per heavy atom. The van der Waals surface area contributed by atoms with Crippen LogP contribution < -0.4 is 4.74 Å². The van der Waals surface area contributed by atoms with Crippen molar-refractivity contribution in [2.75, 3.05) is 6.61 Å². The van der Waals surface area contributed by atoms with Gasteiger partial charge in [0.1, 0.15) is 24.5 Å². The fourth-order valence-corrected chi connectivity index (χ4v) is 4.01. The highest BCUT2D eigenvalue weighted by Gasteiger charge is 2.16. The number of pyridine rings is 1. The molecule has 0 spiro atoms. The molecule has 0 N–H and O–H groups in total. The maximum absolute atomic E-state index is 14.6. The fourth-order valence-electron chi connectivity index (χ4n) is 4.01. The quantitative estimate of drug-likeness (QED) is 0.251. The van der Waals surface area contributed by atoms with Crippen molar-refractivity contribution in [1.82, 2.24) is 14.6 Å². The fraction of sp³-hybridized carbons (Fsp3) is 0.250. The standard InChI is InChI=1S/C28H26FN3O3/c1-4-7-21(15-26(33)34-5-2)20-10-12-24(13-11-20)35-17-23-14-22(16-32-28(23)30-18-31-32)27-19(3)8-6-9-25(27)29/h6,8-14,16,18,21H,5,15,17H2,1-3H3/t21-/m0/s1. The lowest BCUT2D eigenvalue weighted by molar-refractivity contribution is -0.143. The summed E-state index contributed by atoms with van der Waals surface area (Å²) in [6.07, 6.45) is 3.43. The van der Waals surface area contributed by atoms with E-state index in [0.29, 0.717) is 29.1 Å². The van der Waals surface area contributed by atoms with E-state index in [2.05, 4.69) is 21.9 Å². The lowest BCUT2D eigenvalue weighted by Gasteiger charge is -2.13. The molecule has 0 aliphatic carbocycles. The van der Waals surface area contributed by atoms with Crippen molar-refractivity contribution in [2.45, 2.75) is 39.7 Å². The van der Waals surface area contributed by atoms with E-state index in [9.17, 15) is 9.18 Å². The molecule has 7 heteroatoms. The van der Waals surface area contributed by atoms with Gasteiger partial charge in [-0.05, 0) is 56.2 Å². The van der Waals surface area contributed by atoms with Gasteiger partial charge in [0.05, 0.1) is 18.9 Å². The third-order valence-electron chi connectivity index (χ3n) is 5.63. The summed E-state index contributed by atoms with van der Waals surface area (Å²) in [7, 11) is 0. The number of nitrogens with zero attached hydrogens (tertiary/aromatic N) is 3. The van der Waals surface area contributed by atoms with E-state index in [1.807, 2.05) is 43.3 Å². The number of aryl methyl sites for hydroxylation is 1. The Kier molecular flexibility index (Phi) is 7.41. The molecule has 2 aromatic heterocycles. The van der Waals surface area contributed by atoms with Crippen LogP contribution in [0.2, 0.25) is 0 Å². The number of aromatic nitrogens is 3. The van der Waals surface area contributed by atoms with Crippen LogP contribution in [-0.2, 0) is 16.1 Å². The third kappa shape index (κ3) is 5.49. The minimum Gasteiger partial charge on any atom is -0.489 e. The van der Waals surface area contributed by atoms with E-state index in [0.717, 1.165) is 16.7 Å². The molecule has 0 fully saturated rings. The van der Waals surface area contributed by atoms with Gasteiger partial charge < -0.3 is 9.47 Å². The predicted molar refractivity (Wildman–Crippen MR) is 131 cm³/mol. The summed E-state index contributed by atoms with van der Waals surface area (Å²) >= 11 is 0. The van der Waals surface area contributed by atoms with Crippen molar-refractivity contribution in [1.29, 1.82) is 0 Å². The Labute approximate surface area is 203 Å². The topological polar surface area (TPSA) is 65.7 Å². The monoisotopic (exact) mass is 471 g/mol. The molecular weight excluding hydrogens is 445 g/mol. The van der Waals surface area contributed by atoms with Crippen molar-refractivity contribution >= 4 is 11.6 Å². The summed E-state index contributed by atoms with van der Waals surface area (Å²) in [5.74, 6) is 5.80. The zero-order chi connectivity index (χ0) is 24.8. The number of rotatable bonds is 8. The number of hydrogen-bond acceptors (Lipinski definition) is 5. The number of carbonyl (C=O) groups excluding carboxylic acids is 1. The molecule has 6 nitrogen and oxygen atoms in total. The molecule has 0 aliphatic rings. The minimum atomic E-state index is -0.292. The second-order valence-electron chi connectivity index (χ2n) is 8.03. The maximum Gasteiger partial charge on any atom is 0.307 e. The number of fused-ring (bicyclic) bond motifs is 1. The summed E-state index contributed by atoms with van der Waals surface area (Å²) in [5, 5.41) is 4.24. The van der Waals surface area contributed by atoms with E-state index >= 15 is 0 Å². The predicted octanol–water partition coefficient (Wildman–Crippen LogP) is 5.48. The Morgan fingerprint density at radius 2 is 2.00 bits per heavy atom. The van der Waals surface area contributed by atoms with E-state index in [1.54, 1.807) is 30.6 Å². The van der Waals surface area contributed by atoms with Gasteiger partial charge in [0.25, 0.3) is 0 Å². The molecular formula is C28H26FN3O3. The van der Waals surface area contributed by atoms with Crippen LogP contribution >= 0.6 is 0 Å². The van der Waals surface area contributed by atoms with Crippen molar-refractivity contribution in [3.63, 3.8) is 0 Å². The molecule has 2 aromatic carbocycles. The largest absolute Gasteiger partial charge is 0.489 e. The van der Waals surface area contributed by atoms with Gasteiger partial charge in [0.15, 0.2) is 5.65 Å². The van der Waals surface area contributed by atoms with Crippen LogP contribution in [0, 0.1) is 24.6 Å². The summed E-state index contributed by atoms with van der Waals surface area (Å²) in [6, 6.07) is 14.4. The lowest BCUT2D eigenvalue weighted by Crippen LogP contribution is -2.09. The first kappa shape index (κ1) is 24.0. The van der Waals surface area contributed by atoms with E-state index < -0.39 is 0 Å². The van der Waals surface area contributed by atoms with E-state index in [4.69, 9.17) is 9.47 Å². The molecule has 35 heavy (non-hydrogen) atoms. The first-order chi connectivity index (χ1) is 17.0. The first-order valence-electron chi connectivity index (χ1n) is 11.4. The minimum absolute atomic E-state index is 0.196. The van der Waals surface area contributed by atoms with Crippen molar-refractivity contribution in [3.05, 3.63) is 83.6 Å². The molecule has 0 aliphatic heterocycles. The zero-order valence-corrected chi connectivity index (χ0v) is 19.9. The Bertz CT molecular complexity index is 1380. The van der Waals surface area contributed by atoms with Gasteiger partial charge in [-0.2, -0.15) is 5.10 Å². The van der Waals surface area contributed by atoms with Gasteiger partial charge >= 0.3 is 5.97 Å². The van der Waals surface area contributed by atoms with E-state index in [1.165, 1.54) is 12.4 Å². The van der Waals surface area contributed by atoms with Gasteiger partial charge in [-0.15, -0.1) is 5.92 Å². The molecule has 4 aromatic rings. The second-order valence-corrected chi connectivity index (χ2v) is 8.03. The smallest absolute Gasteiger partial charge is 0.307 e. The summed E-state index contributed by atoms with van der Waals surface area (Å²) in [5.41, 5.74) is 4.40. The highest BCUT2D eigenvalue weighted by molar-refractivity contribution is 5.71. The number of benzene rings is 2. The molecule has 0 saturated carbocycles. The van der Waals surface area contributed by atoms with Crippen LogP contribution in [0.15, 0.2) is 61.1 Å². The van der Waals surface area contributed by atoms with Gasteiger partial charge in [-0.1, -0.05) is 30.2 Å². The molecule has 4 rings (SSSR count). The SMILES string of the molecule is CC#C[C@@H](CC(=O)OCC)c1ccc(OCc2cc(-c3c(C)cccc3F)cn3ncnc23)cc1. The average Bonchev–Trinajstić information content (AvgIpc) is 3.32. The first-order valence-corrected chi connectivity index (χ1v) is 11.4. The summed E-state index contributed by atoms with van der Waals surface area (Å²) in [4.78, 5) is 16.3. The van der Waals surface area contributed by atoms with Crippen LogP contribution in [0.5, 0.6) is 5.75 Å². The molecule has 0 radical (unpaired) electrons. The van der Waals surface area contributed by atoms with Crippen molar-refractivity contribution in [3.8, 4) is 28.7 Å². The number of esters is 1. The Morgan fingerprint density at radius 1 is 1.20 bits per heavy atom. The highest BCUT2D eigenvalue weighted by atomic mass is 19.1. The summed E-state index contributed by atoms with van der Waals surface area (Å²) < 4.78 is 27.3. The van der Waals surface area contributed by atoms with Crippen LogP contribution in [0.25, 0.3) is 16.8 Å². The molecule has 2 heterocycles. The van der Waals surface area contributed by atoms with Crippen molar-refractivity contribution < 1.29 is 18.7 Å². The maximum atomic E-state index is 14.6. The number of hydrogen-bond donors (Lipinski definition) is 0. The molecule has 0 bridgehead atoms. The van der Waals surface area contributed by atoms with Gasteiger partial charge in [-0.3, -0.25) is 4.79 Å². The molecule has 0 saturated heterocycles. The zero-order valence-electron chi connectivity index (χ0n) is 19.9. The van der Waals surface area contributed by atoms with Crippen LogP contribution in [0.3, 0.4) is 0 Å². The molecule has 178 valence electrons. The highest BCUT2D eigenvalue weighted by Crippen LogP contribution is 2.29. The second kappa shape index (κ2) is 10.8. The lowest BCUT2D eigenvalue weighted by atomic mass is 9.96. The van der Waals surface area contributed by atoms with Crippen molar-refractivity contribution in [2.24, 2.45) is 0 Å². The molecule has 0 amide bonds. The van der Waals surface area contributed by atoms with Crippen LogP contribution in [-0.4, -0.2) is 27.2 Å². The number of halogens is 1. The van der Waals surface area contributed by atoms with Gasteiger partial charge in [0, 0.05) is 22.9 Å². The van der Waals surface area contributed by atoms with Crippen LogP contribution in [0.4, 0.5) is 4.39 Å². The molecule has 1 atom stereocenters. The summed E-state index contributed by atoms with van der Waals surface area (Å²) in [6.45, 7) is 5.97. The van der Waals surface area contributed by atoms with Gasteiger partial charge in [0.2, 0.25) is 0 Å². The number of ether oxygens (including phenoxy) is 2. The molecule has 0 unspecified atom stereocenters. The number of carbonyl (C=O) groups is 1. The Hall–Kier alpha value is -4.18. The third-order valence-corrected chi connectivity index (χ3v) is 5.63. The van der Waals surface area contributed by atoms with E-state index in [-0.39, 0.29) is 30.7 Å².